The Morgan fingerprint density at radius 2 is 1.95 bits per heavy atom. The van der Waals surface area contributed by atoms with Crippen LogP contribution in [0.4, 0.5) is 8.78 Å². The summed E-state index contributed by atoms with van der Waals surface area (Å²) in [7, 11) is 1.31. The van der Waals surface area contributed by atoms with Gasteiger partial charge >= 0.3 is 5.91 Å². The summed E-state index contributed by atoms with van der Waals surface area (Å²) in [4.78, 5) is 20.5. The molecule has 5 nitrogen and oxygen atoms in total. The molecule has 1 amide bonds. The summed E-state index contributed by atoms with van der Waals surface area (Å²) in [6, 6.07) is 1.80. The van der Waals surface area contributed by atoms with Gasteiger partial charge in [-0.3, -0.25) is 9.63 Å². The van der Waals surface area contributed by atoms with Crippen molar-refractivity contribution in [3.63, 3.8) is 0 Å². The van der Waals surface area contributed by atoms with Crippen LogP contribution in [-0.2, 0) is 9.63 Å². The monoisotopic (exact) mass is 268 g/mol. The Kier molecular flexibility index (Phi) is 3.30. The highest BCUT2D eigenvalue weighted by molar-refractivity contribution is 6.12. The number of aliphatic imine (C=N–C) groups is 1. The topological polar surface area (TPSA) is 62.1 Å². The number of rotatable bonds is 2. The lowest BCUT2D eigenvalue weighted by molar-refractivity contribution is -0.149. The van der Waals surface area contributed by atoms with Crippen LogP contribution in [0, 0.1) is 11.6 Å². The zero-order valence-electron chi connectivity index (χ0n) is 10.1. The first-order valence-electron chi connectivity index (χ1n) is 5.27. The van der Waals surface area contributed by atoms with Crippen LogP contribution in [0.3, 0.4) is 0 Å². The summed E-state index contributed by atoms with van der Waals surface area (Å²) < 4.78 is 26.3. The van der Waals surface area contributed by atoms with Gasteiger partial charge in [-0.05, 0) is 30.7 Å². The average molecular weight is 268 g/mol. The van der Waals surface area contributed by atoms with E-state index in [2.05, 4.69) is 4.99 Å². The van der Waals surface area contributed by atoms with E-state index in [-0.39, 0.29) is 11.3 Å². The number of hydrogen-bond donors (Lipinski definition) is 1. The first-order chi connectivity index (χ1) is 8.93. The number of phenols is 1. The molecule has 1 N–H and O–H groups in total. The molecule has 7 heteroatoms. The van der Waals surface area contributed by atoms with Crippen LogP contribution < -0.4 is 0 Å². The molecule has 2 rings (SSSR count). The van der Waals surface area contributed by atoms with Crippen molar-refractivity contribution in [3.05, 3.63) is 35.0 Å². The molecule has 0 aromatic heterocycles. The van der Waals surface area contributed by atoms with E-state index in [0.717, 1.165) is 17.2 Å². The number of phenolic OH excluding ortho intramolecular Hbond substituents is 1. The highest BCUT2D eigenvalue weighted by atomic mass is 19.1. The third kappa shape index (κ3) is 2.32. The first-order valence-corrected chi connectivity index (χ1v) is 5.27. The van der Waals surface area contributed by atoms with Gasteiger partial charge in [-0.2, -0.15) is 5.06 Å². The van der Waals surface area contributed by atoms with E-state index in [1.165, 1.54) is 13.2 Å². The van der Waals surface area contributed by atoms with E-state index in [1.54, 1.807) is 6.92 Å². The molecule has 0 atom stereocenters. The summed E-state index contributed by atoms with van der Waals surface area (Å²) in [5, 5.41) is 9.93. The van der Waals surface area contributed by atoms with Gasteiger partial charge in [0.25, 0.3) is 0 Å². The minimum absolute atomic E-state index is 0.0103. The molecule has 0 saturated heterocycles. The lowest BCUT2D eigenvalue weighted by atomic mass is 10.1. The predicted molar refractivity (Wildman–Crippen MR) is 63.0 cm³/mol. The summed E-state index contributed by atoms with van der Waals surface area (Å²) >= 11 is 0. The fourth-order valence-corrected chi connectivity index (χ4v) is 1.65. The number of benzene rings is 1. The highest BCUT2D eigenvalue weighted by Gasteiger charge is 2.27. The molecule has 0 bridgehead atoms. The van der Waals surface area contributed by atoms with E-state index in [9.17, 15) is 13.6 Å². The van der Waals surface area contributed by atoms with Gasteiger partial charge in [0, 0.05) is 0 Å². The Hall–Kier alpha value is -2.28. The van der Waals surface area contributed by atoms with Crippen molar-refractivity contribution in [3.8, 4) is 5.75 Å². The second-order valence-electron chi connectivity index (χ2n) is 3.80. The third-order valence-electron chi connectivity index (χ3n) is 2.50. The molecular formula is C12H10F2N2O3. The molecule has 1 aromatic carbocycles. The van der Waals surface area contributed by atoms with Crippen LogP contribution in [0.25, 0.3) is 6.08 Å². The zero-order valence-corrected chi connectivity index (χ0v) is 10.1. The lowest BCUT2D eigenvalue weighted by Crippen LogP contribution is -2.29. The lowest BCUT2D eigenvalue weighted by Gasteiger charge is -2.10. The molecule has 0 aliphatic carbocycles. The van der Waals surface area contributed by atoms with Gasteiger partial charge in [-0.15, -0.1) is 0 Å². The number of nitrogens with zero attached hydrogens (tertiary/aromatic N) is 2. The molecule has 100 valence electrons. The Labute approximate surface area is 107 Å². The van der Waals surface area contributed by atoms with Crippen LogP contribution in [0.1, 0.15) is 12.5 Å². The maximum absolute atomic E-state index is 13.2. The van der Waals surface area contributed by atoms with Gasteiger partial charge in [0.2, 0.25) is 0 Å². The van der Waals surface area contributed by atoms with Gasteiger partial charge in [0.1, 0.15) is 11.5 Å². The summed E-state index contributed by atoms with van der Waals surface area (Å²) in [6.07, 6.45) is 1.20. The van der Waals surface area contributed by atoms with Gasteiger partial charge in [-0.1, -0.05) is 0 Å². The quantitative estimate of drug-likeness (QED) is 0.832. The number of hydrogen-bond acceptors (Lipinski definition) is 4. The second kappa shape index (κ2) is 4.77. The molecular weight excluding hydrogens is 258 g/mol. The van der Waals surface area contributed by atoms with Gasteiger partial charge in [0.05, 0.1) is 7.11 Å². The fourth-order valence-electron chi connectivity index (χ4n) is 1.65. The second-order valence-corrected chi connectivity index (χ2v) is 3.80. The number of halogens is 2. The molecule has 0 unspecified atom stereocenters. The van der Waals surface area contributed by atoms with Crippen LogP contribution in [0.2, 0.25) is 0 Å². The van der Waals surface area contributed by atoms with Crippen molar-refractivity contribution >= 4 is 17.8 Å². The predicted octanol–water partition coefficient (Wildman–Crippen LogP) is 1.83. The van der Waals surface area contributed by atoms with Crippen LogP contribution in [0.5, 0.6) is 5.75 Å². The molecule has 1 heterocycles. The van der Waals surface area contributed by atoms with E-state index >= 15 is 0 Å². The van der Waals surface area contributed by atoms with Gasteiger partial charge in [0.15, 0.2) is 17.4 Å². The molecule has 0 radical (unpaired) electrons. The maximum atomic E-state index is 13.2. The van der Waals surface area contributed by atoms with Crippen molar-refractivity contribution in [1.29, 1.82) is 0 Å². The van der Waals surface area contributed by atoms with E-state index in [4.69, 9.17) is 9.94 Å². The largest absolute Gasteiger partial charge is 0.503 e. The van der Waals surface area contributed by atoms with Crippen molar-refractivity contribution in [2.24, 2.45) is 4.99 Å². The number of carbonyl (C=O) groups is 1. The van der Waals surface area contributed by atoms with E-state index in [1.807, 2.05) is 0 Å². The molecule has 0 fully saturated rings. The fraction of sp³-hybridized carbons (Fsp3) is 0.167. The van der Waals surface area contributed by atoms with Crippen molar-refractivity contribution in [2.45, 2.75) is 6.92 Å². The zero-order chi connectivity index (χ0) is 14.2. The molecule has 1 aliphatic rings. The summed E-state index contributed by atoms with van der Waals surface area (Å²) in [5.41, 5.74) is 0.0643. The summed E-state index contributed by atoms with van der Waals surface area (Å²) in [6.45, 7) is 1.56. The molecule has 0 spiro atoms. The average Bonchev–Trinajstić information content (AvgIpc) is 2.61. The number of aromatic hydroxyl groups is 1. The third-order valence-corrected chi connectivity index (χ3v) is 2.50. The smallest absolute Gasteiger partial charge is 0.301 e. The van der Waals surface area contributed by atoms with Crippen molar-refractivity contribution < 1.29 is 23.5 Å². The summed E-state index contributed by atoms with van der Waals surface area (Å²) in [5.74, 6) is -3.49. The molecule has 1 aromatic rings. The van der Waals surface area contributed by atoms with Gasteiger partial charge in [-0.25, -0.2) is 13.8 Å². The Morgan fingerprint density at radius 3 is 2.42 bits per heavy atom. The number of carbonyl (C=O) groups excluding carboxylic acids is 1. The van der Waals surface area contributed by atoms with Gasteiger partial charge < -0.3 is 5.11 Å². The number of amidine groups is 1. The SMILES string of the molecule is CON1C(=O)/C(=C/c2cc(F)c(O)c(F)c2)N=C1C. The minimum atomic E-state index is -1.11. The highest BCUT2D eigenvalue weighted by Crippen LogP contribution is 2.24. The number of hydroxylamine groups is 2. The van der Waals surface area contributed by atoms with E-state index in [0.29, 0.717) is 5.84 Å². The Balaban J connectivity index is 2.41. The normalized spacial score (nSPS) is 17.3. The Bertz CT molecular complexity index is 588. The van der Waals surface area contributed by atoms with Crippen molar-refractivity contribution in [1.82, 2.24) is 5.06 Å². The molecule has 1 aliphatic heterocycles. The number of amides is 1. The van der Waals surface area contributed by atoms with E-state index < -0.39 is 23.3 Å². The molecule has 19 heavy (non-hydrogen) atoms. The maximum Gasteiger partial charge on any atom is 0.301 e. The molecule has 0 saturated carbocycles. The standard InChI is InChI=1S/C12H10F2N2O3/c1-6-15-10(12(18)16(6)19-2)5-7-3-8(13)11(17)9(14)4-7/h3-5,17H,1-2H3/b10-5-. The van der Waals surface area contributed by atoms with Crippen molar-refractivity contribution in [2.75, 3.05) is 7.11 Å². The first kappa shape index (κ1) is 13.2. The van der Waals surface area contributed by atoms with Crippen LogP contribution in [0.15, 0.2) is 22.8 Å². The minimum Gasteiger partial charge on any atom is -0.503 e. The Morgan fingerprint density at radius 1 is 1.37 bits per heavy atom. The van der Waals surface area contributed by atoms with Crippen LogP contribution >= 0.6 is 0 Å². The van der Waals surface area contributed by atoms with Crippen LogP contribution in [-0.4, -0.2) is 29.0 Å².